The molecule has 1 aliphatic heterocycles. The zero-order chi connectivity index (χ0) is 19.4. The zero-order valence-electron chi connectivity index (χ0n) is 16.4. The molecule has 28 heavy (non-hydrogen) atoms. The molecular weight excluding hydrogens is 354 g/mol. The fourth-order valence-electron chi connectivity index (χ4n) is 2.95. The van der Waals surface area contributed by atoms with Crippen LogP contribution in [-0.4, -0.2) is 62.3 Å². The van der Waals surface area contributed by atoms with Crippen LogP contribution >= 0.6 is 0 Å². The van der Waals surface area contributed by atoms with Crippen LogP contribution in [0.3, 0.4) is 0 Å². The SMILES string of the molecule is CN=C(NCCN1CCOCC1)NCc1cccc(OCc2ccccn2)c1. The van der Waals surface area contributed by atoms with E-state index in [1.807, 2.05) is 36.4 Å². The fraction of sp³-hybridized carbons (Fsp3) is 0.429. The van der Waals surface area contributed by atoms with Gasteiger partial charge in [-0.25, -0.2) is 0 Å². The molecule has 7 nitrogen and oxygen atoms in total. The number of morpholine rings is 1. The van der Waals surface area contributed by atoms with Crippen LogP contribution in [0.5, 0.6) is 5.75 Å². The molecule has 0 amide bonds. The van der Waals surface area contributed by atoms with Gasteiger partial charge in [0.15, 0.2) is 5.96 Å². The van der Waals surface area contributed by atoms with E-state index in [1.165, 1.54) is 0 Å². The first-order valence-corrected chi connectivity index (χ1v) is 9.70. The Labute approximate surface area is 166 Å². The molecule has 7 heteroatoms. The maximum Gasteiger partial charge on any atom is 0.191 e. The Balaban J connectivity index is 1.41. The molecule has 1 aromatic carbocycles. The predicted octanol–water partition coefficient (Wildman–Crippen LogP) is 1.66. The minimum atomic E-state index is 0.461. The Kier molecular flexibility index (Phi) is 8.08. The summed E-state index contributed by atoms with van der Waals surface area (Å²) < 4.78 is 11.2. The van der Waals surface area contributed by atoms with Crippen molar-refractivity contribution < 1.29 is 9.47 Å². The molecule has 2 aromatic rings. The minimum absolute atomic E-state index is 0.461. The highest BCUT2D eigenvalue weighted by Gasteiger charge is 2.09. The molecule has 1 fully saturated rings. The lowest BCUT2D eigenvalue weighted by atomic mass is 10.2. The van der Waals surface area contributed by atoms with Gasteiger partial charge < -0.3 is 20.1 Å². The van der Waals surface area contributed by atoms with E-state index in [9.17, 15) is 0 Å². The minimum Gasteiger partial charge on any atom is -0.487 e. The molecule has 0 bridgehead atoms. The monoisotopic (exact) mass is 383 g/mol. The van der Waals surface area contributed by atoms with Gasteiger partial charge in [0.25, 0.3) is 0 Å². The maximum atomic E-state index is 5.85. The van der Waals surface area contributed by atoms with Gasteiger partial charge in [-0.15, -0.1) is 0 Å². The zero-order valence-corrected chi connectivity index (χ0v) is 16.4. The van der Waals surface area contributed by atoms with Gasteiger partial charge >= 0.3 is 0 Å². The summed E-state index contributed by atoms with van der Waals surface area (Å²) in [6, 6.07) is 13.9. The Bertz CT molecular complexity index is 733. The lowest BCUT2D eigenvalue weighted by Gasteiger charge is -2.26. The van der Waals surface area contributed by atoms with Crippen molar-refractivity contribution >= 4 is 5.96 Å². The molecule has 1 aromatic heterocycles. The van der Waals surface area contributed by atoms with E-state index >= 15 is 0 Å². The van der Waals surface area contributed by atoms with Crippen LogP contribution in [0, 0.1) is 0 Å². The number of ether oxygens (including phenoxy) is 2. The lowest BCUT2D eigenvalue weighted by Crippen LogP contribution is -2.44. The number of aromatic nitrogens is 1. The Hall–Kier alpha value is -2.64. The second-order valence-corrected chi connectivity index (χ2v) is 6.56. The average Bonchev–Trinajstić information content (AvgIpc) is 2.76. The average molecular weight is 383 g/mol. The number of guanidine groups is 1. The Morgan fingerprint density at radius 3 is 2.86 bits per heavy atom. The largest absolute Gasteiger partial charge is 0.487 e. The van der Waals surface area contributed by atoms with Gasteiger partial charge in [-0.1, -0.05) is 18.2 Å². The molecule has 0 saturated carbocycles. The van der Waals surface area contributed by atoms with Crippen molar-refractivity contribution in [2.24, 2.45) is 4.99 Å². The van der Waals surface area contributed by atoms with Crippen LogP contribution in [0.15, 0.2) is 53.7 Å². The van der Waals surface area contributed by atoms with Crippen molar-refractivity contribution in [1.82, 2.24) is 20.5 Å². The van der Waals surface area contributed by atoms with Gasteiger partial charge in [0.1, 0.15) is 12.4 Å². The number of pyridine rings is 1. The van der Waals surface area contributed by atoms with Crippen molar-refractivity contribution in [2.45, 2.75) is 13.2 Å². The van der Waals surface area contributed by atoms with Crippen LogP contribution in [-0.2, 0) is 17.9 Å². The molecule has 0 unspecified atom stereocenters. The van der Waals surface area contributed by atoms with E-state index < -0.39 is 0 Å². The van der Waals surface area contributed by atoms with E-state index in [1.54, 1.807) is 13.2 Å². The molecule has 0 atom stereocenters. The van der Waals surface area contributed by atoms with Crippen molar-refractivity contribution in [2.75, 3.05) is 46.4 Å². The predicted molar refractivity (Wildman–Crippen MR) is 110 cm³/mol. The van der Waals surface area contributed by atoms with Gasteiger partial charge in [-0.2, -0.15) is 0 Å². The lowest BCUT2D eigenvalue weighted by molar-refractivity contribution is 0.0389. The Morgan fingerprint density at radius 2 is 2.07 bits per heavy atom. The summed E-state index contributed by atoms with van der Waals surface area (Å²) in [6.45, 7) is 6.63. The molecule has 3 rings (SSSR count). The Morgan fingerprint density at radius 1 is 1.18 bits per heavy atom. The molecule has 1 aliphatic rings. The van der Waals surface area contributed by atoms with Crippen LogP contribution < -0.4 is 15.4 Å². The van der Waals surface area contributed by atoms with Gasteiger partial charge in [-0.05, 0) is 29.8 Å². The standard InChI is InChI=1S/C21H29N5O2/c1-22-21(24-9-10-26-11-13-27-14-12-26)25-16-18-5-4-7-20(15-18)28-17-19-6-2-3-8-23-19/h2-8,15H,9-14,16-17H2,1H3,(H2,22,24,25). The van der Waals surface area contributed by atoms with Crippen molar-refractivity contribution in [1.29, 1.82) is 0 Å². The van der Waals surface area contributed by atoms with E-state index in [0.717, 1.165) is 62.4 Å². The summed E-state index contributed by atoms with van der Waals surface area (Å²) in [4.78, 5) is 11.0. The molecular formula is C21H29N5O2. The van der Waals surface area contributed by atoms with Crippen molar-refractivity contribution in [3.63, 3.8) is 0 Å². The number of nitrogens with zero attached hydrogens (tertiary/aromatic N) is 3. The molecule has 2 heterocycles. The van der Waals surface area contributed by atoms with Crippen LogP contribution in [0.4, 0.5) is 0 Å². The molecule has 0 aliphatic carbocycles. The van der Waals surface area contributed by atoms with Gasteiger partial charge in [0, 0.05) is 46.0 Å². The number of rotatable bonds is 8. The second kappa shape index (κ2) is 11.3. The third-order valence-electron chi connectivity index (χ3n) is 4.52. The highest BCUT2D eigenvalue weighted by molar-refractivity contribution is 5.79. The van der Waals surface area contributed by atoms with E-state index in [2.05, 4.69) is 31.6 Å². The first kappa shape index (κ1) is 20.1. The molecule has 1 saturated heterocycles. The first-order valence-electron chi connectivity index (χ1n) is 9.70. The first-order chi connectivity index (χ1) is 13.8. The van der Waals surface area contributed by atoms with Gasteiger partial charge in [-0.3, -0.25) is 14.9 Å². The summed E-state index contributed by atoms with van der Waals surface area (Å²) in [5.74, 6) is 1.63. The van der Waals surface area contributed by atoms with Crippen LogP contribution in [0.1, 0.15) is 11.3 Å². The summed E-state index contributed by atoms with van der Waals surface area (Å²) in [5.41, 5.74) is 2.05. The summed E-state index contributed by atoms with van der Waals surface area (Å²) in [5, 5.41) is 6.72. The molecule has 150 valence electrons. The molecule has 0 radical (unpaired) electrons. The molecule has 0 spiro atoms. The number of aliphatic imine (C=N–C) groups is 1. The normalized spacial score (nSPS) is 15.2. The maximum absolute atomic E-state index is 5.85. The van der Waals surface area contributed by atoms with Gasteiger partial charge in [0.05, 0.1) is 18.9 Å². The van der Waals surface area contributed by atoms with Gasteiger partial charge in [0.2, 0.25) is 0 Å². The highest BCUT2D eigenvalue weighted by atomic mass is 16.5. The third-order valence-corrected chi connectivity index (χ3v) is 4.52. The number of hydrogen-bond donors (Lipinski definition) is 2. The fourth-order valence-corrected chi connectivity index (χ4v) is 2.95. The summed E-state index contributed by atoms with van der Waals surface area (Å²) in [6.07, 6.45) is 1.77. The topological polar surface area (TPSA) is 71.0 Å². The van der Waals surface area contributed by atoms with E-state index in [0.29, 0.717) is 13.2 Å². The highest BCUT2D eigenvalue weighted by Crippen LogP contribution is 2.14. The number of nitrogens with one attached hydrogen (secondary N) is 2. The quantitative estimate of drug-likeness (QED) is 0.534. The van der Waals surface area contributed by atoms with Crippen molar-refractivity contribution in [3.05, 3.63) is 59.9 Å². The van der Waals surface area contributed by atoms with Crippen molar-refractivity contribution in [3.8, 4) is 5.75 Å². The van der Waals surface area contributed by atoms with Crippen LogP contribution in [0.2, 0.25) is 0 Å². The number of hydrogen-bond acceptors (Lipinski definition) is 5. The smallest absolute Gasteiger partial charge is 0.191 e. The summed E-state index contributed by atoms with van der Waals surface area (Å²) >= 11 is 0. The second-order valence-electron chi connectivity index (χ2n) is 6.56. The van der Waals surface area contributed by atoms with E-state index in [4.69, 9.17) is 9.47 Å². The molecule has 2 N–H and O–H groups in total. The number of benzene rings is 1. The summed E-state index contributed by atoms with van der Waals surface area (Å²) in [7, 11) is 1.79. The third kappa shape index (κ3) is 6.83. The van der Waals surface area contributed by atoms with E-state index in [-0.39, 0.29) is 0 Å². The van der Waals surface area contributed by atoms with Crippen LogP contribution in [0.25, 0.3) is 0 Å².